The van der Waals surface area contributed by atoms with Crippen LogP contribution < -0.4 is 15.6 Å². The normalized spacial score (nSPS) is 18.8. The molecule has 12 nitrogen and oxygen atoms in total. The molecule has 0 radical (unpaired) electrons. The fraction of sp³-hybridized carbons (Fsp3) is 0.490. The van der Waals surface area contributed by atoms with Gasteiger partial charge in [0.2, 0.25) is 0 Å². The standard InChI is InChI=1S/C25H31N3O3S.C21H23BrN2O2S.C4H9NO.CH4/c1-31-20-15-28(16-20)14-17-8-10-21(11-9-17)32(26,30)27-25(29)13-24-22-6-2-4-18(22)12-19-5-3-7-23(19)24;22-13-14-7-9-17(10-8-14)27(23,26)24-21(25)12-20-18-5-1-3-15(18)11-16-4-2-6-19(16)20;1-6-4-2-5-3-4;/h8-12,20H,2-7,13-16H2,1H3,(H2,26,27,29,30);7-11H,1-6,12-13H2,(H2,23,24,25,26);4-5H,2-3H2,1H3;1H4. The van der Waals surface area contributed by atoms with Crippen molar-refractivity contribution in [1.29, 1.82) is 0 Å². The minimum absolute atomic E-state index is 0. The number of nitrogens with two attached hydrogens (primary N) is 2. The maximum atomic E-state index is 13.1. The molecule has 2 aliphatic heterocycles. The third kappa shape index (κ3) is 11.8. The van der Waals surface area contributed by atoms with Crippen molar-refractivity contribution >= 4 is 47.6 Å². The Hall–Kier alpha value is -3.64. The van der Waals surface area contributed by atoms with E-state index in [-0.39, 0.29) is 32.1 Å². The largest absolute Gasteiger partial charge is 0.379 e. The van der Waals surface area contributed by atoms with E-state index in [2.05, 4.69) is 47.0 Å². The van der Waals surface area contributed by atoms with Crippen molar-refractivity contribution in [2.45, 2.75) is 131 Å². The Labute approximate surface area is 401 Å². The first kappa shape index (κ1) is 50.2. The number of rotatable bonds is 11. The molecule has 4 aliphatic carbocycles. The zero-order valence-corrected chi connectivity index (χ0v) is 40.9. The van der Waals surface area contributed by atoms with Crippen molar-refractivity contribution in [2.75, 3.05) is 40.4 Å². The monoisotopic (exact) mass is 1000 g/mol. The molecule has 0 spiro atoms. The summed E-state index contributed by atoms with van der Waals surface area (Å²) in [6.07, 6.45) is 14.2. The molecule has 6 aliphatic rings. The van der Waals surface area contributed by atoms with Crippen molar-refractivity contribution in [3.8, 4) is 0 Å². The van der Waals surface area contributed by atoms with Crippen LogP contribution in [0.1, 0.15) is 99.9 Å². The van der Waals surface area contributed by atoms with Gasteiger partial charge in [0, 0.05) is 52.3 Å². The van der Waals surface area contributed by atoms with Crippen molar-refractivity contribution in [1.82, 2.24) is 10.2 Å². The summed E-state index contributed by atoms with van der Waals surface area (Å²) < 4.78 is 44.1. The molecule has 2 unspecified atom stereocenters. The van der Waals surface area contributed by atoms with Gasteiger partial charge in [-0.1, -0.05) is 59.8 Å². The number of benzene rings is 4. The van der Waals surface area contributed by atoms with Crippen LogP contribution in [0.25, 0.3) is 0 Å². The van der Waals surface area contributed by atoms with Gasteiger partial charge >= 0.3 is 0 Å². The number of amides is 2. The number of nitrogens with one attached hydrogen (secondary N) is 1. The summed E-state index contributed by atoms with van der Waals surface area (Å²) in [5.74, 6) is -0.774. The summed E-state index contributed by atoms with van der Waals surface area (Å²) in [5.41, 5.74) is 15.3. The third-order valence-electron chi connectivity index (χ3n) is 13.7. The zero-order valence-electron chi connectivity index (χ0n) is 37.7. The van der Waals surface area contributed by atoms with Crippen LogP contribution in [-0.4, -0.2) is 77.7 Å². The summed E-state index contributed by atoms with van der Waals surface area (Å²) in [5, 5.41) is 15.8. The number of halogens is 1. The lowest BCUT2D eigenvalue weighted by Crippen LogP contribution is -2.50. The second-order valence-corrected chi connectivity index (χ2v) is 22.3. The molecule has 2 saturated heterocycles. The molecule has 0 aromatic heterocycles. The molecular formula is C51H67BrN6O6S2. The summed E-state index contributed by atoms with van der Waals surface area (Å²) in [4.78, 5) is 28.6. The Morgan fingerprint density at radius 3 is 1.33 bits per heavy atom. The van der Waals surface area contributed by atoms with E-state index in [1.165, 1.54) is 44.5 Å². The van der Waals surface area contributed by atoms with Gasteiger partial charge in [0.15, 0.2) is 0 Å². The Morgan fingerprint density at radius 1 is 0.636 bits per heavy atom. The van der Waals surface area contributed by atoms with E-state index < -0.39 is 19.8 Å². The topological polar surface area (TPSA) is 179 Å². The van der Waals surface area contributed by atoms with Crippen LogP contribution in [0.3, 0.4) is 0 Å². The van der Waals surface area contributed by atoms with Gasteiger partial charge in [0.25, 0.3) is 11.8 Å². The molecule has 10 rings (SSSR count). The number of hydrogen-bond donors (Lipinski definition) is 3. The fourth-order valence-electron chi connectivity index (χ4n) is 10.1. The highest BCUT2D eigenvalue weighted by atomic mass is 79.9. The number of carbonyl (C=O) groups is 2. The first-order chi connectivity index (χ1) is 31.3. The van der Waals surface area contributed by atoms with Gasteiger partial charge in [0.1, 0.15) is 19.8 Å². The van der Waals surface area contributed by atoms with E-state index in [1.807, 2.05) is 24.3 Å². The van der Waals surface area contributed by atoms with Crippen molar-refractivity contribution < 1.29 is 27.5 Å². The number of ether oxygens (including phenoxy) is 2. The van der Waals surface area contributed by atoms with Crippen molar-refractivity contribution in [3.63, 3.8) is 0 Å². The number of nitrogens with zero attached hydrogens (tertiary/aromatic N) is 3. The lowest BCUT2D eigenvalue weighted by atomic mass is 9.92. The highest BCUT2D eigenvalue weighted by Gasteiger charge is 2.28. The molecule has 356 valence electrons. The van der Waals surface area contributed by atoms with E-state index in [1.54, 1.807) is 38.5 Å². The van der Waals surface area contributed by atoms with E-state index in [0.717, 1.165) is 132 Å². The van der Waals surface area contributed by atoms with Crippen LogP contribution in [-0.2, 0) is 115 Å². The molecule has 2 heterocycles. The summed E-state index contributed by atoms with van der Waals surface area (Å²) >= 11 is 3.38. The van der Waals surface area contributed by atoms with E-state index in [9.17, 15) is 18.0 Å². The molecule has 4 aromatic carbocycles. The number of aryl methyl sites for hydroxylation is 4. The smallest absolute Gasteiger partial charge is 0.259 e. The molecule has 4 aromatic rings. The Balaban J connectivity index is 0.000000174. The molecule has 15 heteroatoms. The lowest BCUT2D eigenvalue weighted by Gasteiger charge is -2.38. The van der Waals surface area contributed by atoms with Crippen LogP contribution in [0.15, 0.2) is 79.2 Å². The second-order valence-electron chi connectivity index (χ2n) is 18.1. The third-order valence-corrected chi connectivity index (χ3v) is 17.2. The maximum Gasteiger partial charge on any atom is 0.259 e. The first-order valence-corrected chi connectivity index (χ1v) is 27.3. The molecule has 0 bridgehead atoms. The number of alkyl halides is 1. The summed E-state index contributed by atoms with van der Waals surface area (Å²) in [6.45, 7) is 4.73. The van der Waals surface area contributed by atoms with Crippen LogP contribution in [0.4, 0.5) is 0 Å². The molecule has 66 heavy (non-hydrogen) atoms. The first-order valence-electron chi connectivity index (χ1n) is 23.0. The molecule has 2 atom stereocenters. The van der Waals surface area contributed by atoms with Crippen LogP contribution >= 0.6 is 15.9 Å². The Bertz CT molecular complexity index is 2600. The average molecular weight is 1000 g/mol. The Kier molecular flexibility index (Phi) is 16.9. The minimum Gasteiger partial charge on any atom is -0.379 e. The SMILES string of the molecule is C.COC1CN(Cc2ccc(S(N)(=O)=NC(=O)Cc3c4c(cc5c3CCC5)CCC4)cc2)C1.COC1CNC1.NS(=O)(=NC(=O)Cc1c2c(cc3c1CCC3)CCC2)c1ccc(CBr)cc1. The van der Waals surface area contributed by atoms with Crippen molar-refractivity contribution in [2.24, 2.45) is 19.0 Å². The van der Waals surface area contributed by atoms with Gasteiger partial charge in [0.05, 0.1) is 34.8 Å². The van der Waals surface area contributed by atoms with Gasteiger partial charge in [-0.3, -0.25) is 14.5 Å². The van der Waals surface area contributed by atoms with Crippen molar-refractivity contribution in [3.05, 3.63) is 127 Å². The molecular weight excluding hydrogens is 937 g/mol. The van der Waals surface area contributed by atoms with Gasteiger partial charge in [-0.15, -0.1) is 8.73 Å². The van der Waals surface area contributed by atoms with Gasteiger partial charge < -0.3 is 14.8 Å². The summed E-state index contributed by atoms with van der Waals surface area (Å²) in [6, 6.07) is 19.0. The van der Waals surface area contributed by atoms with Crippen LogP contribution in [0.5, 0.6) is 0 Å². The average Bonchev–Trinajstić information content (AvgIpc) is 4.10. The molecule has 2 fully saturated rings. The molecule has 2 amide bonds. The number of fused-ring (bicyclic) bond motifs is 4. The number of hydrogen-bond acceptors (Lipinski definition) is 8. The zero-order chi connectivity index (χ0) is 45.7. The van der Waals surface area contributed by atoms with Crippen LogP contribution in [0, 0.1) is 0 Å². The quantitative estimate of drug-likeness (QED) is 0.132. The fourth-order valence-corrected chi connectivity index (χ4v) is 12.5. The van der Waals surface area contributed by atoms with Crippen LogP contribution in [0.2, 0.25) is 0 Å². The summed E-state index contributed by atoms with van der Waals surface area (Å²) in [7, 11) is -3.01. The molecule has 5 N–H and O–H groups in total. The number of carbonyl (C=O) groups excluding carboxylic acids is 2. The van der Waals surface area contributed by atoms with Gasteiger partial charge in [-0.05, 0) is 168 Å². The number of likely N-dealkylation sites (tertiary alicyclic amines) is 1. The highest BCUT2D eigenvalue weighted by molar-refractivity contribution is 9.08. The predicted molar refractivity (Wildman–Crippen MR) is 266 cm³/mol. The van der Waals surface area contributed by atoms with E-state index in [4.69, 9.17) is 19.8 Å². The lowest BCUT2D eigenvalue weighted by molar-refractivity contribution is -0.117. The number of methoxy groups -OCH3 is 2. The highest BCUT2D eigenvalue weighted by Crippen LogP contribution is 2.37. The van der Waals surface area contributed by atoms with E-state index in [0.29, 0.717) is 27.3 Å². The predicted octanol–water partition coefficient (Wildman–Crippen LogP) is 7.23. The van der Waals surface area contributed by atoms with E-state index >= 15 is 0 Å². The maximum absolute atomic E-state index is 13.1. The Morgan fingerprint density at radius 2 is 1.02 bits per heavy atom. The minimum atomic E-state index is -3.27. The van der Waals surface area contributed by atoms with Gasteiger partial charge in [-0.2, -0.15) is 0 Å². The molecule has 0 saturated carbocycles. The second kappa shape index (κ2) is 22.2. The van der Waals surface area contributed by atoms with Gasteiger partial charge in [-0.25, -0.2) is 18.7 Å².